The molecule has 0 amide bonds. The van der Waals surface area contributed by atoms with Gasteiger partial charge in [-0.05, 0) is 43.0 Å². The van der Waals surface area contributed by atoms with Gasteiger partial charge in [0.25, 0.3) is 0 Å². The average Bonchev–Trinajstić information content (AvgIpc) is 2.25. The van der Waals surface area contributed by atoms with Crippen molar-refractivity contribution in [2.45, 2.75) is 20.8 Å². The normalized spacial score (nSPS) is 12.9. The predicted molar refractivity (Wildman–Crippen MR) is 71.8 cm³/mol. The number of anilines is 1. The first-order chi connectivity index (χ1) is 7.54. The van der Waals surface area contributed by atoms with E-state index in [1.807, 2.05) is 0 Å². The third-order valence-corrected chi connectivity index (χ3v) is 3.20. The lowest BCUT2D eigenvalue weighted by Gasteiger charge is -2.27. The molecule has 0 saturated carbocycles. The van der Waals surface area contributed by atoms with Crippen molar-refractivity contribution in [2.24, 2.45) is 17.6 Å². The minimum absolute atomic E-state index is 0.561. The molecule has 0 aromatic heterocycles. The first kappa shape index (κ1) is 13.0. The Bertz CT molecular complexity index is 320. The van der Waals surface area contributed by atoms with Crippen LogP contribution in [0.1, 0.15) is 19.4 Å². The minimum Gasteiger partial charge on any atom is -0.374 e. The zero-order chi connectivity index (χ0) is 12.1. The van der Waals surface area contributed by atoms with Crippen molar-refractivity contribution < 1.29 is 0 Å². The van der Waals surface area contributed by atoms with Crippen LogP contribution in [0.5, 0.6) is 0 Å². The molecule has 0 fully saturated rings. The monoisotopic (exact) mass is 220 g/mol. The Morgan fingerprint density at radius 3 is 2.50 bits per heavy atom. The van der Waals surface area contributed by atoms with Crippen LogP contribution in [0.15, 0.2) is 24.3 Å². The molecule has 0 aliphatic carbocycles. The number of benzene rings is 1. The molecule has 0 heterocycles. The first-order valence-corrected chi connectivity index (χ1v) is 6.02. The van der Waals surface area contributed by atoms with Gasteiger partial charge in [0.05, 0.1) is 0 Å². The fraction of sp³-hybridized carbons (Fsp3) is 0.571. The molecule has 2 nitrogen and oxygen atoms in total. The van der Waals surface area contributed by atoms with Crippen LogP contribution in [0.4, 0.5) is 5.69 Å². The van der Waals surface area contributed by atoms with E-state index in [9.17, 15) is 0 Å². The van der Waals surface area contributed by atoms with Crippen LogP contribution in [0.3, 0.4) is 0 Å². The lowest BCUT2D eigenvalue weighted by Crippen LogP contribution is -2.33. The van der Waals surface area contributed by atoms with E-state index in [4.69, 9.17) is 5.73 Å². The molecule has 16 heavy (non-hydrogen) atoms. The van der Waals surface area contributed by atoms with Crippen LogP contribution in [-0.4, -0.2) is 20.1 Å². The molecular formula is C14H24N2. The summed E-state index contributed by atoms with van der Waals surface area (Å²) in [6, 6.07) is 8.60. The summed E-state index contributed by atoms with van der Waals surface area (Å²) in [6.45, 7) is 8.38. The second kappa shape index (κ2) is 5.90. The molecular weight excluding hydrogens is 196 g/mol. The van der Waals surface area contributed by atoms with Crippen LogP contribution in [-0.2, 0) is 0 Å². The largest absolute Gasteiger partial charge is 0.374 e. The molecule has 1 rings (SSSR count). The van der Waals surface area contributed by atoms with Gasteiger partial charge >= 0.3 is 0 Å². The third kappa shape index (κ3) is 3.53. The van der Waals surface area contributed by atoms with Gasteiger partial charge in [-0.25, -0.2) is 0 Å². The fourth-order valence-corrected chi connectivity index (χ4v) is 1.88. The summed E-state index contributed by atoms with van der Waals surface area (Å²) < 4.78 is 0. The van der Waals surface area contributed by atoms with Crippen LogP contribution in [0.2, 0.25) is 0 Å². The standard InChI is InChI=1S/C14H24N2/c1-11(2)13(9-15)10-16(4)14-7-5-6-12(3)8-14/h5-8,11,13H,9-10,15H2,1-4H3. The lowest BCUT2D eigenvalue weighted by atomic mass is 9.95. The highest BCUT2D eigenvalue weighted by molar-refractivity contribution is 5.47. The quantitative estimate of drug-likeness (QED) is 0.826. The number of nitrogens with two attached hydrogens (primary N) is 1. The van der Waals surface area contributed by atoms with E-state index in [2.05, 4.69) is 57.0 Å². The Hall–Kier alpha value is -1.02. The van der Waals surface area contributed by atoms with Crippen molar-refractivity contribution >= 4 is 5.69 Å². The highest BCUT2D eigenvalue weighted by Gasteiger charge is 2.14. The number of aryl methyl sites for hydroxylation is 1. The molecule has 1 atom stereocenters. The van der Waals surface area contributed by atoms with E-state index < -0.39 is 0 Å². The van der Waals surface area contributed by atoms with Gasteiger partial charge in [-0.15, -0.1) is 0 Å². The maximum atomic E-state index is 5.80. The highest BCUT2D eigenvalue weighted by atomic mass is 15.1. The van der Waals surface area contributed by atoms with Crippen molar-refractivity contribution in [3.05, 3.63) is 29.8 Å². The molecule has 0 aliphatic heterocycles. The summed E-state index contributed by atoms with van der Waals surface area (Å²) in [5, 5.41) is 0. The Labute approximate surface area is 99.5 Å². The van der Waals surface area contributed by atoms with Crippen LogP contribution in [0, 0.1) is 18.8 Å². The molecule has 90 valence electrons. The molecule has 0 spiro atoms. The second-order valence-electron chi connectivity index (χ2n) is 4.96. The molecule has 1 unspecified atom stereocenters. The van der Waals surface area contributed by atoms with Crippen molar-refractivity contribution in [3.63, 3.8) is 0 Å². The van der Waals surface area contributed by atoms with Crippen LogP contribution < -0.4 is 10.6 Å². The number of rotatable bonds is 5. The minimum atomic E-state index is 0.561. The number of nitrogens with zero attached hydrogens (tertiary/aromatic N) is 1. The summed E-state index contributed by atoms with van der Waals surface area (Å²) in [7, 11) is 2.14. The van der Waals surface area contributed by atoms with Crippen LogP contribution >= 0.6 is 0 Å². The van der Waals surface area contributed by atoms with E-state index in [0.717, 1.165) is 13.1 Å². The second-order valence-corrected chi connectivity index (χ2v) is 4.96. The molecule has 2 N–H and O–H groups in total. The Kier molecular flexibility index (Phi) is 4.81. The molecule has 1 aromatic rings. The molecule has 0 aliphatic rings. The van der Waals surface area contributed by atoms with Crippen molar-refractivity contribution in [3.8, 4) is 0 Å². The lowest BCUT2D eigenvalue weighted by molar-refractivity contribution is 0.398. The zero-order valence-corrected chi connectivity index (χ0v) is 10.9. The molecule has 0 radical (unpaired) electrons. The smallest absolute Gasteiger partial charge is 0.0366 e. The Morgan fingerprint density at radius 2 is 2.00 bits per heavy atom. The summed E-state index contributed by atoms with van der Waals surface area (Å²) in [5.41, 5.74) is 8.38. The molecule has 1 aromatic carbocycles. The maximum Gasteiger partial charge on any atom is 0.0366 e. The fourth-order valence-electron chi connectivity index (χ4n) is 1.88. The van der Waals surface area contributed by atoms with E-state index >= 15 is 0 Å². The topological polar surface area (TPSA) is 29.3 Å². The highest BCUT2D eigenvalue weighted by Crippen LogP contribution is 2.18. The number of hydrogen-bond donors (Lipinski definition) is 1. The Balaban J connectivity index is 2.67. The number of hydrogen-bond acceptors (Lipinski definition) is 2. The SMILES string of the molecule is Cc1cccc(N(C)CC(CN)C(C)C)c1. The first-order valence-electron chi connectivity index (χ1n) is 6.02. The average molecular weight is 220 g/mol. The van der Waals surface area contributed by atoms with Gasteiger partial charge in [-0.2, -0.15) is 0 Å². The summed E-state index contributed by atoms with van der Waals surface area (Å²) >= 11 is 0. The van der Waals surface area contributed by atoms with E-state index in [1.54, 1.807) is 0 Å². The van der Waals surface area contributed by atoms with Crippen molar-refractivity contribution in [1.82, 2.24) is 0 Å². The summed E-state index contributed by atoms with van der Waals surface area (Å²) in [4.78, 5) is 2.30. The van der Waals surface area contributed by atoms with Gasteiger partial charge in [0, 0.05) is 19.3 Å². The predicted octanol–water partition coefficient (Wildman–Crippen LogP) is 2.66. The summed E-state index contributed by atoms with van der Waals surface area (Å²) in [5.74, 6) is 1.20. The zero-order valence-electron chi connectivity index (χ0n) is 10.9. The van der Waals surface area contributed by atoms with Crippen molar-refractivity contribution in [1.29, 1.82) is 0 Å². The van der Waals surface area contributed by atoms with Gasteiger partial charge in [-0.3, -0.25) is 0 Å². The maximum absolute atomic E-state index is 5.80. The van der Waals surface area contributed by atoms with Gasteiger partial charge in [-0.1, -0.05) is 26.0 Å². The Morgan fingerprint density at radius 1 is 1.31 bits per heavy atom. The van der Waals surface area contributed by atoms with Gasteiger partial charge in [0.2, 0.25) is 0 Å². The molecule has 0 bridgehead atoms. The van der Waals surface area contributed by atoms with Crippen molar-refractivity contribution in [2.75, 3.05) is 25.0 Å². The van der Waals surface area contributed by atoms with Gasteiger partial charge in [0.15, 0.2) is 0 Å². The van der Waals surface area contributed by atoms with E-state index in [1.165, 1.54) is 11.3 Å². The van der Waals surface area contributed by atoms with E-state index in [-0.39, 0.29) is 0 Å². The molecule has 2 heteroatoms. The van der Waals surface area contributed by atoms with Gasteiger partial charge in [0.1, 0.15) is 0 Å². The van der Waals surface area contributed by atoms with Gasteiger partial charge < -0.3 is 10.6 Å². The third-order valence-electron chi connectivity index (χ3n) is 3.20. The molecule has 0 saturated heterocycles. The summed E-state index contributed by atoms with van der Waals surface area (Å²) in [6.07, 6.45) is 0. The van der Waals surface area contributed by atoms with Crippen LogP contribution in [0.25, 0.3) is 0 Å². The van der Waals surface area contributed by atoms with E-state index in [0.29, 0.717) is 11.8 Å².